The van der Waals surface area contributed by atoms with Gasteiger partial charge in [-0.1, -0.05) is 30.3 Å². The summed E-state index contributed by atoms with van der Waals surface area (Å²) in [5, 5.41) is 21.4. The molecule has 0 bridgehead atoms. The second kappa shape index (κ2) is 11.0. The Bertz CT molecular complexity index is 1680. The van der Waals surface area contributed by atoms with Crippen molar-refractivity contribution in [3.8, 4) is 0 Å². The number of hydrogen-bond donors (Lipinski definition) is 3. The molecule has 0 saturated carbocycles. The lowest BCUT2D eigenvalue weighted by Crippen LogP contribution is -2.44. The van der Waals surface area contributed by atoms with E-state index in [1.54, 1.807) is 42.0 Å². The van der Waals surface area contributed by atoms with Crippen molar-refractivity contribution in [1.29, 1.82) is 0 Å². The maximum Gasteiger partial charge on any atom is 0.264 e. The van der Waals surface area contributed by atoms with E-state index in [0.29, 0.717) is 42.0 Å². The molecule has 1 spiro atoms. The Morgan fingerprint density at radius 1 is 1.26 bits per heavy atom. The molecule has 0 unspecified atom stereocenters. The van der Waals surface area contributed by atoms with Crippen molar-refractivity contribution < 1.29 is 23.5 Å². The van der Waals surface area contributed by atoms with Gasteiger partial charge in [0.1, 0.15) is 0 Å². The number of amides is 2. The fourth-order valence-corrected chi connectivity index (χ4v) is 9.64. The van der Waals surface area contributed by atoms with Gasteiger partial charge in [0.15, 0.2) is 5.60 Å². The van der Waals surface area contributed by atoms with Crippen LogP contribution in [0.1, 0.15) is 30.2 Å². The average molecular weight is 605 g/mol. The lowest BCUT2D eigenvalue weighted by Gasteiger charge is -2.31. The van der Waals surface area contributed by atoms with E-state index in [9.17, 15) is 14.7 Å². The van der Waals surface area contributed by atoms with Crippen LogP contribution in [0.15, 0.2) is 54.9 Å². The number of carbonyl (C=O) groups excluding carboxylic acids is 2. The standard InChI is InChI=1S/C31H37FN6O4Si/c1-19-29(43(3,4)32)27(11-13-38-18-22(12-14-39)35-36-38)42-31(19)24-16-21(9-10-26(24)37(2)30(31)41)34-28(40)15-20-17-33-25-8-6-5-7-23(20)25/h5-10,16-19,27,29,33,39H,11-15H2,1-4H3,(H,34,40)/t19-,27+,29-,31+/m1/s1. The molecule has 0 radical (unpaired) electrons. The summed E-state index contributed by atoms with van der Waals surface area (Å²) in [6, 6.07) is 13.2. The van der Waals surface area contributed by atoms with Gasteiger partial charge in [-0.15, -0.1) is 5.10 Å². The summed E-state index contributed by atoms with van der Waals surface area (Å²) < 4.78 is 24.4. The molecule has 10 nitrogen and oxygen atoms in total. The molecule has 2 amide bonds. The van der Waals surface area contributed by atoms with Gasteiger partial charge < -0.3 is 29.2 Å². The fourth-order valence-electron chi connectivity index (χ4n) is 7.09. The van der Waals surface area contributed by atoms with Gasteiger partial charge in [0, 0.05) is 72.6 Å². The molecule has 1 saturated heterocycles. The van der Waals surface area contributed by atoms with Crippen LogP contribution in [0.25, 0.3) is 10.9 Å². The van der Waals surface area contributed by atoms with E-state index in [4.69, 9.17) is 4.74 Å². The normalized spacial score (nSPS) is 23.4. The molecule has 6 rings (SSSR count). The molecule has 12 heteroatoms. The van der Waals surface area contributed by atoms with Crippen molar-refractivity contribution in [2.24, 2.45) is 5.92 Å². The lowest BCUT2D eigenvalue weighted by atomic mass is 9.82. The lowest BCUT2D eigenvalue weighted by molar-refractivity contribution is -0.145. The molecule has 4 atom stereocenters. The number of nitrogens with one attached hydrogen (secondary N) is 2. The van der Waals surface area contributed by atoms with E-state index < -0.39 is 31.6 Å². The number of para-hydroxylation sites is 1. The maximum absolute atomic E-state index is 16.0. The number of hydrogen-bond acceptors (Lipinski definition) is 6. The molecule has 4 heterocycles. The molecular formula is C31H37FN6O4Si. The molecule has 226 valence electrons. The number of anilines is 2. The molecule has 2 aliphatic rings. The van der Waals surface area contributed by atoms with Gasteiger partial charge in [-0.25, -0.2) is 0 Å². The van der Waals surface area contributed by atoms with Gasteiger partial charge in [0.25, 0.3) is 5.91 Å². The largest absolute Gasteiger partial charge is 0.396 e. The first-order valence-corrected chi connectivity index (χ1v) is 17.6. The van der Waals surface area contributed by atoms with Crippen molar-refractivity contribution in [2.45, 2.75) is 63.1 Å². The van der Waals surface area contributed by atoms with Gasteiger partial charge in [0.05, 0.1) is 23.9 Å². The topological polar surface area (TPSA) is 125 Å². The van der Waals surface area contributed by atoms with Gasteiger partial charge in [-0.2, -0.15) is 0 Å². The minimum Gasteiger partial charge on any atom is -0.396 e. The van der Waals surface area contributed by atoms with E-state index in [1.165, 1.54) is 0 Å². The van der Waals surface area contributed by atoms with Crippen molar-refractivity contribution >= 4 is 42.5 Å². The molecule has 2 aliphatic heterocycles. The zero-order valence-corrected chi connectivity index (χ0v) is 25.8. The first-order chi connectivity index (χ1) is 20.5. The second-order valence-corrected chi connectivity index (χ2v) is 16.0. The van der Waals surface area contributed by atoms with E-state index in [0.717, 1.165) is 16.5 Å². The number of carbonyl (C=O) groups is 2. The van der Waals surface area contributed by atoms with Gasteiger partial charge >= 0.3 is 0 Å². The van der Waals surface area contributed by atoms with E-state index in [1.807, 2.05) is 49.5 Å². The SMILES string of the molecule is C[C@@H]1[C@@H]([Si](C)(C)F)[C@H](CCn2cc(CCO)nn2)O[C@@]12C(=O)N(C)c1ccc(NC(=O)Cc3c[nH]c4ccccc34)cc12. The molecule has 0 aliphatic carbocycles. The highest BCUT2D eigenvalue weighted by molar-refractivity contribution is 6.72. The number of aryl methyl sites for hydroxylation is 1. The highest BCUT2D eigenvalue weighted by atomic mass is 28.4. The highest BCUT2D eigenvalue weighted by Gasteiger charge is 2.66. The summed E-state index contributed by atoms with van der Waals surface area (Å²) in [7, 11) is -1.60. The summed E-state index contributed by atoms with van der Waals surface area (Å²) in [6.07, 6.45) is 4.14. The van der Waals surface area contributed by atoms with Crippen LogP contribution in [0.2, 0.25) is 18.6 Å². The number of ether oxygens (including phenoxy) is 1. The van der Waals surface area contributed by atoms with Crippen LogP contribution in [0, 0.1) is 5.92 Å². The van der Waals surface area contributed by atoms with Gasteiger partial charge in [-0.3, -0.25) is 14.3 Å². The fraction of sp³-hybridized carbons (Fsp3) is 0.419. The van der Waals surface area contributed by atoms with Crippen molar-refractivity contribution in [3.05, 3.63) is 71.7 Å². The Morgan fingerprint density at radius 3 is 2.81 bits per heavy atom. The van der Waals surface area contributed by atoms with Crippen LogP contribution in [-0.2, 0) is 39.3 Å². The Labute approximate surface area is 250 Å². The number of likely N-dealkylation sites (N-methyl/N-ethyl adjacent to an activating group) is 1. The average Bonchev–Trinajstić information content (AvgIpc) is 3.70. The smallest absolute Gasteiger partial charge is 0.264 e. The van der Waals surface area contributed by atoms with E-state index in [-0.39, 0.29) is 24.8 Å². The number of nitrogens with zero attached hydrogens (tertiary/aromatic N) is 4. The Hall–Kier alpha value is -3.87. The number of rotatable bonds is 9. The molecular weight excluding hydrogens is 567 g/mol. The number of benzene rings is 2. The Kier molecular flexibility index (Phi) is 7.47. The van der Waals surface area contributed by atoms with Crippen LogP contribution in [0.4, 0.5) is 15.5 Å². The quantitative estimate of drug-likeness (QED) is 0.193. The molecule has 1 fully saturated rings. The van der Waals surface area contributed by atoms with Crippen LogP contribution in [-0.4, -0.2) is 65.1 Å². The van der Waals surface area contributed by atoms with E-state index in [2.05, 4.69) is 20.6 Å². The molecule has 4 aromatic rings. The Balaban J connectivity index is 1.27. The summed E-state index contributed by atoms with van der Waals surface area (Å²) >= 11 is 0. The Morgan fingerprint density at radius 2 is 2.05 bits per heavy atom. The third-order valence-electron chi connectivity index (χ3n) is 9.00. The molecule has 3 N–H and O–H groups in total. The van der Waals surface area contributed by atoms with E-state index >= 15 is 4.11 Å². The number of halogens is 1. The molecule has 2 aromatic carbocycles. The van der Waals surface area contributed by atoms with Crippen molar-refractivity contribution in [3.63, 3.8) is 0 Å². The number of H-pyrrole nitrogens is 1. The van der Waals surface area contributed by atoms with Crippen molar-refractivity contribution in [2.75, 3.05) is 23.9 Å². The summed E-state index contributed by atoms with van der Waals surface area (Å²) in [5.74, 6) is -0.842. The van der Waals surface area contributed by atoms with Crippen molar-refractivity contribution in [1.82, 2.24) is 20.0 Å². The predicted molar refractivity (Wildman–Crippen MR) is 164 cm³/mol. The van der Waals surface area contributed by atoms with Crippen LogP contribution in [0.3, 0.4) is 0 Å². The van der Waals surface area contributed by atoms with Gasteiger partial charge in [-0.05, 0) is 49.3 Å². The molecule has 2 aromatic heterocycles. The zero-order chi connectivity index (χ0) is 30.5. The summed E-state index contributed by atoms with van der Waals surface area (Å²) in [4.78, 5) is 31.9. The predicted octanol–water partition coefficient (Wildman–Crippen LogP) is 4.32. The number of aromatic amines is 1. The second-order valence-electron chi connectivity index (χ2n) is 12.2. The van der Waals surface area contributed by atoms with Crippen LogP contribution in [0.5, 0.6) is 0 Å². The summed E-state index contributed by atoms with van der Waals surface area (Å²) in [6.45, 7) is 5.67. The van der Waals surface area contributed by atoms with Crippen LogP contribution >= 0.6 is 0 Å². The maximum atomic E-state index is 16.0. The minimum absolute atomic E-state index is 0.0192. The first kappa shape index (κ1) is 29.2. The third kappa shape index (κ3) is 5.06. The molecule has 43 heavy (non-hydrogen) atoms. The number of aliphatic hydroxyl groups excluding tert-OH is 1. The third-order valence-corrected chi connectivity index (χ3v) is 11.5. The summed E-state index contributed by atoms with van der Waals surface area (Å²) in [5.41, 5.74) is 2.62. The monoisotopic (exact) mass is 604 g/mol. The highest BCUT2D eigenvalue weighted by Crippen LogP contribution is 2.60. The zero-order valence-electron chi connectivity index (χ0n) is 24.8. The van der Waals surface area contributed by atoms with Crippen LogP contribution < -0.4 is 10.2 Å². The number of fused-ring (bicyclic) bond motifs is 3. The number of aliphatic hydroxyl groups is 1. The van der Waals surface area contributed by atoms with Gasteiger partial charge in [0.2, 0.25) is 14.3 Å². The minimum atomic E-state index is -3.31. The number of aromatic nitrogens is 4. The first-order valence-electron chi connectivity index (χ1n) is 14.7.